The van der Waals surface area contributed by atoms with Gasteiger partial charge in [-0.05, 0) is 25.8 Å². The Morgan fingerprint density at radius 2 is 2.07 bits per heavy atom. The van der Waals surface area contributed by atoms with Crippen molar-refractivity contribution >= 4 is 0 Å². The highest BCUT2D eigenvalue weighted by atomic mass is 16.5. The smallest absolute Gasteiger partial charge is 0.0700 e. The molecule has 0 saturated carbocycles. The highest BCUT2D eigenvalue weighted by Crippen LogP contribution is 2.10. The van der Waals surface area contributed by atoms with E-state index in [9.17, 15) is 0 Å². The fraction of sp³-hybridized carbons (Fsp3) is 1.00. The zero-order valence-corrected chi connectivity index (χ0v) is 9.26. The van der Waals surface area contributed by atoms with Gasteiger partial charge in [-0.2, -0.15) is 0 Å². The van der Waals surface area contributed by atoms with E-state index in [-0.39, 0.29) is 0 Å². The van der Waals surface area contributed by atoms with E-state index in [2.05, 4.69) is 5.32 Å². The molecule has 0 aromatic carbocycles. The van der Waals surface area contributed by atoms with Crippen molar-refractivity contribution in [3.05, 3.63) is 0 Å². The minimum absolute atomic E-state index is 0.681. The fourth-order valence-electron chi connectivity index (χ4n) is 1.82. The lowest BCUT2D eigenvalue weighted by molar-refractivity contribution is 0.0656. The molecule has 0 radical (unpaired) electrons. The molecule has 1 aliphatic rings. The van der Waals surface area contributed by atoms with E-state index in [1.54, 1.807) is 7.11 Å². The quantitative estimate of drug-likeness (QED) is 0.662. The molecule has 1 atom stereocenters. The minimum Gasteiger partial charge on any atom is -0.382 e. The molecule has 1 fully saturated rings. The largest absolute Gasteiger partial charge is 0.382 e. The van der Waals surface area contributed by atoms with Crippen molar-refractivity contribution in [1.29, 1.82) is 0 Å². The van der Waals surface area contributed by atoms with Crippen molar-refractivity contribution in [3.63, 3.8) is 0 Å². The van der Waals surface area contributed by atoms with Gasteiger partial charge in [0.15, 0.2) is 0 Å². The van der Waals surface area contributed by atoms with Gasteiger partial charge in [-0.25, -0.2) is 0 Å². The number of ether oxygens (including phenoxy) is 2. The summed E-state index contributed by atoms with van der Waals surface area (Å²) in [5, 5.41) is 3.56. The van der Waals surface area contributed by atoms with Crippen LogP contribution in [0.15, 0.2) is 0 Å². The molecular formula is C11H23NO2. The normalized spacial score (nSPS) is 23.4. The third-order valence-electron chi connectivity index (χ3n) is 2.70. The Balaban J connectivity index is 1.93. The molecule has 0 spiro atoms. The lowest BCUT2D eigenvalue weighted by Crippen LogP contribution is -2.29. The molecule has 84 valence electrons. The van der Waals surface area contributed by atoms with Crippen LogP contribution >= 0.6 is 0 Å². The predicted molar refractivity (Wildman–Crippen MR) is 57.6 cm³/mol. The van der Waals surface area contributed by atoms with Gasteiger partial charge in [0.2, 0.25) is 0 Å². The standard InChI is InChI=1S/C11H23NO2/c1-13-9-10-14-8-6-11-5-3-2-4-7-12-11/h11-12H,2-10H2,1H3. The fourth-order valence-corrected chi connectivity index (χ4v) is 1.82. The number of rotatable bonds is 6. The number of hydrogen-bond donors (Lipinski definition) is 1. The third kappa shape index (κ3) is 5.58. The second kappa shape index (κ2) is 8.21. The third-order valence-corrected chi connectivity index (χ3v) is 2.70. The second-order valence-electron chi connectivity index (χ2n) is 3.89. The SMILES string of the molecule is COCCOCCC1CCCCCN1. The van der Waals surface area contributed by atoms with Gasteiger partial charge in [-0.3, -0.25) is 0 Å². The summed E-state index contributed by atoms with van der Waals surface area (Å²) >= 11 is 0. The highest BCUT2D eigenvalue weighted by Gasteiger charge is 2.10. The summed E-state index contributed by atoms with van der Waals surface area (Å²) in [5.41, 5.74) is 0. The van der Waals surface area contributed by atoms with Crippen LogP contribution in [0.5, 0.6) is 0 Å². The van der Waals surface area contributed by atoms with Crippen LogP contribution in [-0.4, -0.2) is 39.5 Å². The van der Waals surface area contributed by atoms with E-state index in [0.29, 0.717) is 12.6 Å². The summed E-state index contributed by atoms with van der Waals surface area (Å²) in [6.45, 7) is 3.48. The molecular weight excluding hydrogens is 178 g/mol. The van der Waals surface area contributed by atoms with Crippen LogP contribution in [-0.2, 0) is 9.47 Å². The summed E-state index contributed by atoms with van der Waals surface area (Å²) < 4.78 is 10.4. The van der Waals surface area contributed by atoms with Crippen molar-refractivity contribution in [3.8, 4) is 0 Å². The zero-order chi connectivity index (χ0) is 10.1. The Morgan fingerprint density at radius 1 is 1.14 bits per heavy atom. The van der Waals surface area contributed by atoms with Gasteiger partial charge in [-0.1, -0.05) is 12.8 Å². The van der Waals surface area contributed by atoms with E-state index < -0.39 is 0 Å². The molecule has 3 heteroatoms. The van der Waals surface area contributed by atoms with Gasteiger partial charge in [0.25, 0.3) is 0 Å². The predicted octanol–water partition coefficient (Wildman–Crippen LogP) is 1.57. The van der Waals surface area contributed by atoms with E-state index in [1.807, 2.05) is 0 Å². The first-order chi connectivity index (χ1) is 6.93. The minimum atomic E-state index is 0.681. The van der Waals surface area contributed by atoms with E-state index in [4.69, 9.17) is 9.47 Å². The molecule has 1 heterocycles. The van der Waals surface area contributed by atoms with Gasteiger partial charge < -0.3 is 14.8 Å². The Hall–Kier alpha value is -0.120. The molecule has 3 nitrogen and oxygen atoms in total. The molecule has 0 aromatic rings. The van der Waals surface area contributed by atoms with Crippen LogP contribution in [0.3, 0.4) is 0 Å². The molecule has 0 aliphatic carbocycles. The zero-order valence-electron chi connectivity index (χ0n) is 9.26. The van der Waals surface area contributed by atoms with Crippen LogP contribution < -0.4 is 5.32 Å². The molecule has 1 unspecified atom stereocenters. The Labute approximate surface area is 87.2 Å². The molecule has 1 N–H and O–H groups in total. The Bertz CT molecular complexity index is 122. The first-order valence-corrected chi connectivity index (χ1v) is 5.73. The van der Waals surface area contributed by atoms with E-state index in [0.717, 1.165) is 19.6 Å². The molecule has 1 saturated heterocycles. The summed E-state index contributed by atoms with van der Waals surface area (Å²) in [4.78, 5) is 0. The average Bonchev–Trinajstić information content (AvgIpc) is 2.46. The van der Waals surface area contributed by atoms with Crippen LogP contribution in [0.1, 0.15) is 32.1 Å². The first kappa shape index (κ1) is 12.0. The van der Waals surface area contributed by atoms with Crippen molar-refractivity contribution in [2.75, 3.05) is 33.5 Å². The topological polar surface area (TPSA) is 30.5 Å². The van der Waals surface area contributed by atoms with Crippen molar-refractivity contribution < 1.29 is 9.47 Å². The van der Waals surface area contributed by atoms with Crippen molar-refractivity contribution in [2.45, 2.75) is 38.1 Å². The summed E-state index contributed by atoms with van der Waals surface area (Å²) in [6, 6.07) is 0.681. The lowest BCUT2D eigenvalue weighted by Gasteiger charge is -2.15. The molecule has 1 aliphatic heterocycles. The lowest BCUT2D eigenvalue weighted by atomic mass is 10.1. The van der Waals surface area contributed by atoms with Crippen LogP contribution in [0.2, 0.25) is 0 Å². The van der Waals surface area contributed by atoms with Crippen LogP contribution in [0.25, 0.3) is 0 Å². The Morgan fingerprint density at radius 3 is 2.93 bits per heavy atom. The summed E-state index contributed by atoms with van der Waals surface area (Å²) in [5.74, 6) is 0. The monoisotopic (exact) mass is 201 g/mol. The van der Waals surface area contributed by atoms with Crippen molar-refractivity contribution in [1.82, 2.24) is 5.32 Å². The maximum Gasteiger partial charge on any atom is 0.0700 e. The molecule has 0 bridgehead atoms. The summed E-state index contributed by atoms with van der Waals surface area (Å²) in [7, 11) is 1.70. The number of nitrogens with one attached hydrogen (secondary N) is 1. The van der Waals surface area contributed by atoms with Gasteiger partial charge >= 0.3 is 0 Å². The highest BCUT2D eigenvalue weighted by molar-refractivity contribution is 4.70. The maximum atomic E-state index is 5.45. The van der Waals surface area contributed by atoms with Gasteiger partial charge in [0.1, 0.15) is 0 Å². The maximum absolute atomic E-state index is 5.45. The van der Waals surface area contributed by atoms with Gasteiger partial charge in [0, 0.05) is 19.8 Å². The molecule has 0 aromatic heterocycles. The Kier molecular flexibility index (Phi) is 7.01. The van der Waals surface area contributed by atoms with Crippen LogP contribution in [0.4, 0.5) is 0 Å². The van der Waals surface area contributed by atoms with Crippen LogP contribution in [0, 0.1) is 0 Å². The van der Waals surface area contributed by atoms with Crippen molar-refractivity contribution in [2.24, 2.45) is 0 Å². The van der Waals surface area contributed by atoms with Gasteiger partial charge in [-0.15, -0.1) is 0 Å². The average molecular weight is 201 g/mol. The van der Waals surface area contributed by atoms with Gasteiger partial charge in [0.05, 0.1) is 13.2 Å². The number of methoxy groups -OCH3 is 1. The number of hydrogen-bond acceptors (Lipinski definition) is 3. The molecule has 1 rings (SSSR count). The first-order valence-electron chi connectivity index (χ1n) is 5.73. The molecule has 0 amide bonds. The molecule has 14 heavy (non-hydrogen) atoms. The van der Waals surface area contributed by atoms with E-state index in [1.165, 1.54) is 32.2 Å². The second-order valence-corrected chi connectivity index (χ2v) is 3.89. The summed E-state index contributed by atoms with van der Waals surface area (Å²) in [6.07, 6.45) is 6.54. The van der Waals surface area contributed by atoms with E-state index >= 15 is 0 Å².